The summed E-state index contributed by atoms with van der Waals surface area (Å²) >= 11 is -1.30. The van der Waals surface area contributed by atoms with Gasteiger partial charge in [-0.1, -0.05) is 0 Å². The van der Waals surface area contributed by atoms with Crippen LogP contribution in [0, 0.1) is 0 Å². The van der Waals surface area contributed by atoms with Crippen LogP contribution in [-0.4, -0.2) is 12.6 Å². The number of hydrogen-bond donors (Lipinski definition) is 0. The summed E-state index contributed by atoms with van der Waals surface area (Å²) in [6.07, 6.45) is 0. The van der Waals surface area contributed by atoms with Crippen LogP contribution in [0.2, 0.25) is 0 Å². The second kappa shape index (κ2) is 5.60. The van der Waals surface area contributed by atoms with Crippen molar-refractivity contribution < 1.29 is 32.9 Å². The van der Waals surface area contributed by atoms with Gasteiger partial charge in [-0.15, -0.1) is 0 Å². The van der Waals surface area contributed by atoms with E-state index < -0.39 is 23.3 Å². The summed E-state index contributed by atoms with van der Waals surface area (Å²) in [7, 11) is 5.83. The van der Waals surface area contributed by atoms with Gasteiger partial charge in [0.2, 0.25) is 0 Å². The van der Waals surface area contributed by atoms with E-state index in [0.717, 1.165) is 0 Å². The van der Waals surface area contributed by atoms with E-state index in [0.29, 0.717) is 12.2 Å². The monoisotopic (exact) mass is 386 g/mol. The van der Waals surface area contributed by atoms with E-state index in [1.54, 1.807) is 19.1 Å². The van der Waals surface area contributed by atoms with Gasteiger partial charge < -0.3 is 0 Å². The normalized spacial score (nSPS) is 9.08. The molecule has 0 aromatic heterocycles. The van der Waals surface area contributed by atoms with Crippen molar-refractivity contribution in [1.82, 2.24) is 0 Å². The topological polar surface area (TPSA) is 26.3 Å². The van der Waals surface area contributed by atoms with Gasteiger partial charge in [-0.25, -0.2) is 0 Å². The third kappa shape index (κ3) is 3.27. The van der Waals surface area contributed by atoms with Crippen LogP contribution < -0.4 is 3.07 Å². The van der Waals surface area contributed by atoms with Gasteiger partial charge in [0.1, 0.15) is 0 Å². The molecule has 0 N–H and O–H groups in total. The van der Waals surface area contributed by atoms with Gasteiger partial charge in [0.15, 0.2) is 0 Å². The van der Waals surface area contributed by atoms with Gasteiger partial charge in [-0.2, -0.15) is 0 Å². The Morgan fingerprint density at radius 3 is 2.54 bits per heavy atom. The molecule has 0 atom stereocenters. The Morgan fingerprint density at radius 1 is 1.46 bits per heavy atom. The standard InChI is InChI=1S/C9H9O2.ClH.Hg/c1-2-11-9(10)8-6-4-3-5-7-8;;/h4-7H,2H2,1H3;1H;/q;;+1/p-1. The molecule has 0 bridgehead atoms. The van der Waals surface area contributed by atoms with E-state index in [-0.39, 0.29) is 5.97 Å². The number of carbonyl (C=O) groups is 1. The van der Waals surface area contributed by atoms with Crippen molar-refractivity contribution in [2.24, 2.45) is 0 Å². The average molecular weight is 385 g/mol. The predicted molar refractivity (Wildman–Crippen MR) is 47.9 cm³/mol. The summed E-state index contributed by atoms with van der Waals surface area (Å²) in [4.78, 5) is 11.2. The van der Waals surface area contributed by atoms with E-state index in [1.807, 2.05) is 12.1 Å². The van der Waals surface area contributed by atoms with Gasteiger partial charge in [0.05, 0.1) is 0 Å². The van der Waals surface area contributed by atoms with Crippen LogP contribution >= 0.6 is 8.25 Å². The van der Waals surface area contributed by atoms with Gasteiger partial charge in [-0.3, -0.25) is 0 Å². The molecule has 0 radical (unpaired) electrons. The van der Waals surface area contributed by atoms with Crippen LogP contribution in [0.5, 0.6) is 0 Å². The van der Waals surface area contributed by atoms with Gasteiger partial charge in [-0.05, 0) is 0 Å². The van der Waals surface area contributed by atoms with Gasteiger partial charge >= 0.3 is 93.5 Å². The molecule has 0 aliphatic heterocycles. The van der Waals surface area contributed by atoms with E-state index in [1.165, 1.54) is 3.07 Å². The Morgan fingerprint density at radius 2 is 2.08 bits per heavy atom. The third-order valence-corrected chi connectivity index (χ3v) is 7.36. The van der Waals surface area contributed by atoms with Crippen LogP contribution in [0.3, 0.4) is 0 Å². The number of esters is 1. The summed E-state index contributed by atoms with van der Waals surface area (Å²) < 4.78 is 6.06. The number of halogens is 1. The van der Waals surface area contributed by atoms with Crippen molar-refractivity contribution in [3.8, 4) is 0 Å². The SMILES string of the molecule is CCOC(=O)c1cc[c]([Hg][Cl])cc1. The molecule has 0 amide bonds. The summed E-state index contributed by atoms with van der Waals surface area (Å²) in [5.74, 6) is -0.264. The van der Waals surface area contributed by atoms with Crippen molar-refractivity contribution >= 4 is 17.3 Å². The van der Waals surface area contributed by atoms with Crippen molar-refractivity contribution in [3.05, 3.63) is 29.8 Å². The fraction of sp³-hybridized carbons (Fsp3) is 0.222. The van der Waals surface area contributed by atoms with Gasteiger partial charge in [0, 0.05) is 0 Å². The first-order chi connectivity index (χ1) is 6.27. The molecule has 0 spiro atoms. The van der Waals surface area contributed by atoms with Crippen LogP contribution in [0.25, 0.3) is 0 Å². The molecule has 0 aliphatic carbocycles. The third-order valence-electron chi connectivity index (χ3n) is 1.62. The number of carbonyl (C=O) groups excluding carboxylic acids is 1. The zero-order valence-electron chi connectivity index (χ0n) is 7.42. The molecule has 13 heavy (non-hydrogen) atoms. The van der Waals surface area contributed by atoms with E-state index >= 15 is 0 Å². The van der Waals surface area contributed by atoms with E-state index in [9.17, 15) is 4.79 Å². The molecule has 0 heterocycles. The molecule has 0 fully saturated rings. The summed E-state index contributed by atoms with van der Waals surface area (Å²) in [5.41, 5.74) is 0.601. The maximum atomic E-state index is 11.2. The molecule has 2 nitrogen and oxygen atoms in total. The minimum absolute atomic E-state index is 0.264. The van der Waals surface area contributed by atoms with Crippen molar-refractivity contribution in [1.29, 1.82) is 0 Å². The van der Waals surface area contributed by atoms with Crippen LogP contribution in [0.15, 0.2) is 24.3 Å². The van der Waals surface area contributed by atoms with Gasteiger partial charge in [0.25, 0.3) is 0 Å². The number of hydrogen-bond acceptors (Lipinski definition) is 2. The number of benzene rings is 1. The first-order valence-electron chi connectivity index (χ1n) is 4.10. The molecule has 1 aromatic rings. The molecule has 1 aromatic carbocycles. The first kappa shape index (κ1) is 11.0. The number of ether oxygens (including phenoxy) is 1. The fourth-order valence-electron chi connectivity index (χ4n) is 0.944. The molecule has 4 heteroatoms. The molecule has 0 saturated heterocycles. The second-order valence-corrected chi connectivity index (χ2v) is 9.11. The zero-order valence-corrected chi connectivity index (χ0v) is 13.7. The van der Waals surface area contributed by atoms with E-state index in [2.05, 4.69) is 0 Å². The predicted octanol–water partition coefficient (Wildman–Crippen LogP) is 1.72. The van der Waals surface area contributed by atoms with Crippen LogP contribution in [0.1, 0.15) is 17.3 Å². The molecular weight excluding hydrogens is 376 g/mol. The molecule has 66 valence electrons. The average Bonchev–Trinajstić information content (AvgIpc) is 2.18. The Hall–Kier alpha value is -0.0849. The Balaban J connectivity index is 2.74. The van der Waals surface area contributed by atoms with Crippen molar-refractivity contribution in [3.63, 3.8) is 0 Å². The second-order valence-electron chi connectivity index (χ2n) is 2.55. The van der Waals surface area contributed by atoms with Crippen molar-refractivity contribution in [2.45, 2.75) is 6.92 Å². The molecule has 1 rings (SSSR count). The maximum absolute atomic E-state index is 11.2. The van der Waals surface area contributed by atoms with Crippen LogP contribution in [-0.2, 0) is 28.1 Å². The molecule has 0 saturated carbocycles. The summed E-state index contributed by atoms with van der Waals surface area (Å²) in [6, 6.07) is 7.38. The Kier molecular flexibility index (Phi) is 4.74. The van der Waals surface area contributed by atoms with E-state index in [4.69, 9.17) is 13.0 Å². The molecular formula is C9H9ClHgO2. The summed E-state index contributed by atoms with van der Waals surface area (Å²) in [6.45, 7) is 2.21. The Bertz CT molecular complexity index is 284. The molecule has 0 aliphatic rings. The quantitative estimate of drug-likeness (QED) is 0.585. The Labute approximate surface area is 93.1 Å². The van der Waals surface area contributed by atoms with Crippen molar-refractivity contribution in [2.75, 3.05) is 6.61 Å². The van der Waals surface area contributed by atoms with Crippen LogP contribution in [0.4, 0.5) is 0 Å². The fourth-order valence-corrected chi connectivity index (χ4v) is 4.12. The molecule has 0 unspecified atom stereocenters. The number of rotatable bonds is 3. The summed E-state index contributed by atoms with van der Waals surface area (Å²) in [5, 5.41) is 0. The zero-order chi connectivity index (χ0) is 9.68. The minimum atomic E-state index is -1.30. The first-order valence-corrected chi connectivity index (χ1v) is 13.6.